The van der Waals surface area contributed by atoms with Crippen LogP contribution in [-0.2, 0) is 33.2 Å². The molecular weight excluding hydrogens is 624 g/mol. The second-order valence-corrected chi connectivity index (χ2v) is 11.2. The average molecular weight is 667 g/mol. The summed E-state index contributed by atoms with van der Waals surface area (Å²) in [6, 6.07) is 0. The van der Waals surface area contributed by atoms with Gasteiger partial charge in [-0.2, -0.15) is 0 Å². The molecule has 4 saturated heterocycles. The van der Waals surface area contributed by atoms with Gasteiger partial charge in [-0.05, 0) is 0 Å². The van der Waals surface area contributed by atoms with E-state index in [0.717, 1.165) is 0 Å². The highest BCUT2D eigenvalue weighted by molar-refractivity contribution is 4.97. The maximum absolute atomic E-state index is 11.1. The van der Waals surface area contributed by atoms with E-state index in [1.165, 1.54) is 0 Å². The van der Waals surface area contributed by atoms with Crippen molar-refractivity contribution in [2.75, 3.05) is 26.4 Å². The third-order valence-corrected chi connectivity index (χ3v) is 8.18. The summed E-state index contributed by atoms with van der Waals surface area (Å²) in [5, 5.41) is 142. The van der Waals surface area contributed by atoms with Gasteiger partial charge in [-0.1, -0.05) is 0 Å². The molecule has 0 aliphatic carbocycles. The summed E-state index contributed by atoms with van der Waals surface area (Å²) in [6.07, 6.45) is -35.6. The van der Waals surface area contributed by atoms with Gasteiger partial charge in [0, 0.05) is 0 Å². The van der Waals surface area contributed by atoms with Gasteiger partial charge >= 0.3 is 0 Å². The van der Waals surface area contributed by atoms with Crippen molar-refractivity contribution in [2.45, 2.75) is 123 Å². The van der Waals surface area contributed by atoms with E-state index in [2.05, 4.69) is 0 Å². The van der Waals surface area contributed by atoms with Crippen LogP contribution < -0.4 is 0 Å². The molecule has 4 aliphatic rings. The van der Waals surface area contributed by atoms with Crippen LogP contribution in [0, 0.1) is 0 Å². The molecule has 45 heavy (non-hydrogen) atoms. The largest absolute Gasteiger partial charge is 0.394 e. The third-order valence-electron chi connectivity index (χ3n) is 8.18. The molecule has 4 fully saturated rings. The Morgan fingerprint density at radius 3 is 1.29 bits per heavy atom. The molecule has 0 aromatic heterocycles. The predicted molar refractivity (Wildman–Crippen MR) is 134 cm³/mol. The number of rotatable bonds is 10. The molecule has 21 heteroatoms. The van der Waals surface area contributed by atoms with E-state index in [4.69, 9.17) is 33.2 Å². The Labute approximate surface area is 254 Å². The van der Waals surface area contributed by atoms with Gasteiger partial charge in [0.05, 0.1) is 26.4 Å². The number of ether oxygens (including phenoxy) is 7. The lowest BCUT2D eigenvalue weighted by atomic mass is 9.96. The zero-order valence-electron chi connectivity index (χ0n) is 23.5. The van der Waals surface area contributed by atoms with E-state index in [0.29, 0.717) is 0 Å². The zero-order valence-corrected chi connectivity index (χ0v) is 23.5. The molecule has 0 aromatic rings. The fraction of sp³-hybridized carbons (Fsp3) is 1.00. The van der Waals surface area contributed by atoms with Crippen molar-refractivity contribution < 1.29 is 105 Å². The van der Waals surface area contributed by atoms with Crippen LogP contribution in [0.1, 0.15) is 0 Å². The summed E-state index contributed by atoms with van der Waals surface area (Å²) in [5.74, 6) is 0. The Balaban J connectivity index is 1.56. The van der Waals surface area contributed by atoms with Crippen LogP contribution in [-0.4, -0.2) is 221 Å². The lowest BCUT2D eigenvalue weighted by molar-refractivity contribution is -0.383. The van der Waals surface area contributed by atoms with Crippen LogP contribution in [0.25, 0.3) is 0 Å². The first kappa shape index (κ1) is 37.0. The minimum Gasteiger partial charge on any atom is -0.394 e. The standard InChI is InChI=1S/C24H42O21/c25-1-5-9(28)11(30)16(35)22(41-5)39-4-8-20(45-23-17(36)12(31)10(29)6(2-26)42-23)14(33)18(37)24(43-8)44-19-7(3-27)40-21(38)15(34)13(19)32/h5-38H,1-4H2/t5-,6+,7-,8-,9-,10+,11+,12-,13-,14-,15+,16-,17-,18-,19+,20+,21-,22-,23-,24+/m0/s1. The number of aliphatic hydroxyl groups excluding tert-OH is 14. The normalized spacial score (nSPS) is 52.9. The van der Waals surface area contributed by atoms with Crippen molar-refractivity contribution in [3.63, 3.8) is 0 Å². The van der Waals surface area contributed by atoms with Crippen LogP contribution >= 0.6 is 0 Å². The van der Waals surface area contributed by atoms with Crippen molar-refractivity contribution in [3.8, 4) is 0 Å². The minimum atomic E-state index is -2.06. The van der Waals surface area contributed by atoms with E-state index in [1.54, 1.807) is 0 Å². The molecule has 14 N–H and O–H groups in total. The molecule has 0 amide bonds. The Bertz CT molecular complexity index is 912. The summed E-state index contributed by atoms with van der Waals surface area (Å²) in [4.78, 5) is 0. The van der Waals surface area contributed by atoms with Crippen LogP contribution in [0.3, 0.4) is 0 Å². The van der Waals surface area contributed by atoms with Crippen molar-refractivity contribution >= 4 is 0 Å². The van der Waals surface area contributed by atoms with Gasteiger partial charge in [0.15, 0.2) is 25.2 Å². The number of hydrogen-bond acceptors (Lipinski definition) is 21. The zero-order chi connectivity index (χ0) is 33.3. The van der Waals surface area contributed by atoms with Gasteiger partial charge in [0.2, 0.25) is 0 Å². The molecule has 4 rings (SSSR count). The van der Waals surface area contributed by atoms with Gasteiger partial charge in [0.25, 0.3) is 0 Å². The van der Waals surface area contributed by atoms with Crippen LogP contribution in [0.5, 0.6) is 0 Å². The Kier molecular flexibility index (Phi) is 12.8. The summed E-state index contributed by atoms with van der Waals surface area (Å²) in [7, 11) is 0. The molecule has 20 atom stereocenters. The highest BCUT2D eigenvalue weighted by Crippen LogP contribution is 2.33. The fourth-order valence-electron chi connectivity index (χ4n) is 5.44. The van der Waals surface area contributed by atoms with Crippen molar-refractivity contribution in [2.24, 2.45) is 0 Å². The Morgan fingerprint density at radius 2 is 0.778 bits per heavy atom. The Morgan fingerprint density at radius 1 is 0.378 bits per heavy atom. The van der Waals surface area contributed by atoms with Crippen molar-refractivity contribution in [1.29, 1.82) is 0 Å². The van der Waals surface area contributed by atoms with E-state index in [9.17, 15) is 71.5 Å². The summed E-state index contributed by atoms with van der Waals surface area (Å²) < 4.78 is 38.0. The van der Waals surface area contributed by atoms with Gasteiger partial charge in [-0.3, -0.25) is 0 Å². The lowest BCUT2D eigenvalue weighted by Gasteiger charge is -2.48. The molecular formula is C24H42O21. The monoisotopic (exact) mass is 666 g/mol. The first-order chi connectivity index (χ1) is 21.2. The molecule has 21 nitrogen and oxygen atoms in total. The maximum Gasteiger partial charge on any atom is 0.187 e. The number of hydrogen-bond donors (Lipinski definition) is 14. The van der Waals surface area contributed by atoms with E-state index in [1.807, 2.05) is 0 Å². The van der Waals surface area contributed by atoms with E-state index in [-0.39, 0.29) is 0 Å². The third kappa shape index (κ3) is 7.59. The van der Waals surface area contributed by atoms with Crippen LogP contribution in [0.2, 0.25) is 0 Å². The first-order valence-electron chi connectivity index (χ1n) is 14.1. The SMILES string of the molecule is OC[C@@H]1O[C@H](OC[C@@H]2O[C@H](O[C@H]3[C@@H](O)[C@@H](O)[C@@H](O)O[C@H]3CO)[C@@H](O)[C@H](O)[C@@H]2O[C@@H]2O[C@H](CO)[C@@H](O)[C@H](O)[C@@H]2O)[C@@H](O)[C@H](O)[C@H]1O. The molecule has 0 bridgehead atoms. The second kappa shape index (κ2) is 15.6. The first-order valence-corrected chi connectivity index (χ1v) is 14.1. The molecule has 0 unspecified atom stereocenters. The maximum atomic E-state index is 11.1. The summed E-state index contributed by atoms with van der Waals surface area (Å²) in [6.45, 7) is -3.21. The predicted octanol–water partition coefficient (Wildman–Crippen LogP) is -9.75. The number of aliphatic hydroxyl groups is 14. The summed E-state index contributed by atoms with van der Waals surface area (Å²) >= 11 is 0. The molecule has 4 aliphatic heterocycles. The fourth-order valence-corrected chi connectivity index (χ4v) is 5.44. The highest BCUT2D eigenvalue weighted by Gasteiger charge is 2.54. The minimum absolute atomic E-state index is 0.761. The topological polar surface area (TPSA) is 348 Å². The smallest absolute Gasteiger partial charge is 0.187 e. The van der Waals surface area contributed by atoms with Crippen LogP contribution in [0.4, 0.5) is 0 Å². The van der Waals surface area contributed by atoms with Crippen molar-refractivity contribution in [3.05, 3.63) is 0 Å². The quantitative estimate of drug-likeness (QED) is 0.103. The average Bonchev–Trinajstić information content (AvgIpc) is 3.03. The van der Waals surface area contributed by atoms with E-state index < -0.39 is 149 Å². The van der Waals surface area contributed by atoms with Gasteiger partial charge < -0.3 is 105 Å². The highest BCUT2D eigenvalue weighted by atomic mass is 16.8. The molecule has 0 radical (unpaired) electrons. The van der Waals surface area contributed by atoms with Gasteiger partial charge in [-0.15, -0.1) is 0 Å². The lowest BCUT2D eigenvalue weighted by Crippen LogP contribution is -2.67. The summed E-state index contributed by atoms with van der Waals surface area (Å²) in [5.41, 5.74) is 0. The molecule has 264 valence electrons. The molecule has 4 heterocycles. The van der Waals surface area contributed by atoms with E-state index >= 15 is 0 Å². The molecule has 0 aromatic carbocycles. The Hall–Kier alpha value is -0.840. The van der Waals surface area contributed by atoms with Crippen LogP contribution in [0.15, 0.2) is 0 Å². The van der Waals surface area contributed by atoms with Gasteiger partial charge in [-0.25, -0.2) is 0 Å². The van der Waals surface area contributed by atoms with Gasteiger partial charge in [0.1, 0.15) is 97.7 Å². The molecule has 0 spiro atoms. The molecule has 0 saturated carbocycles. The van der Waals surface area contributed by atoms with Crippen molar-refractivity contribution in [1.82, 2.24) is 0 Å². The second-order valence-electron chi connectivity index (χ2n) is 11.2.